The van der Waals surface area contributed by atoms with Crippen LogP contribution in [0.15, 0.2) is 48.5 Å². The van der Waals surface area contributed by atoms with Gasteiger partial charge < -0.3 is 9.47 Å². The van der Waals surface area contributed by atoms with Crippen LogP contribution in [0, 0.1) is 5.82 Å². The summed E-state index contributed by atoms with van der Waals surface area (Å²) < 4.78 is 25.4. The van der Waals surface area contributed by atoms with Crippen molar-refractivity contribution >= 4 is 12.4 Å². The molecule has 5 heteroatoms. The predicted octanol–water partition coefficient (Wildman–Crippen LogP) is 4.27. The highest BCUT2D eigenvalue weighted by atomic mass is 35.5. The Hall–Kier alpha value is -1.78. The van der Waals surface area contributed by atoms with E-state index >= 15 is 0 Å². The van der Waals surface area contributed by atoms with Gasteiger partial charge in [-0.3, -0.25) is 4.90 Å². The third kappa shape index (κ3) is 4.25. The molecule has 1 fully saturated rings. The zero-order chi connectivity index (χ0) is 16.4. The molecule has 2 aliphatic rings. The fraction of sp³-hybridized carbons (Fsp3) is 0.400. The molecule has 0 amide bonds. The van der Waals surface area contributed by atoms with E-state index in [1.165, 1.54) is 6.07 Å². The number of fused-ring (bicyclic) bond motifs is 1. The molecule has 0 N–H and O–H groups in total. The quantitative estimate of drug-likeness (QED) is 0.813. The highest BCUT2D eigenvalue weighted by molar-refractivity contribution is 5.85. The Balaban J connectivity index is 0.00000182. The highest BCUT2D eigenvalue weighted by Crippen LogP contribution is 2.32. The van der Waals surface area contributed by atoms with Gasteiger partial charge in [-0.2, -0.15) is 0 Å². The number of hydrogen-bond donors (Lipinski definition) is 0. The third-order valence-corrected chi connectivity index (χ3v) is 4.85. The first-order valence-corrected chi connectivity index (χ1v) is 8.64. The lowest BCUT2D eigenvalue weighted by Gasteiger charge is -2.36. The zero-order valence-corrected chi connectivity index (χ0v) is 14.9. The number of rotatable bonds is 3. The van der Waals surface area contributed by atoms with Gasteiger partial charge in [0.1, 0.15) is 18.5 Å². The molecular formula is C20H23ClFNO2. The van der Waals surface area contributed by atoms with E-state index in [0.29, 0.717) is 12.5 Å². The van der Waals surface area contributed by atoms with Gasteiger partial charge >= 0.3 is 0 Å². The number of likely N-dealkylation sites (tertiary alicyclic amines) is 1. The lowest BCUT2D eigenvalue weighted by Crippen LogP contribution is -2.44. The number of ether oxygens (including phenoxy) is 2. The van der Waals surface area contributed by atoms with Gasteiger partial charge in [0.2, 0.25) is 0 Å². The molecule has 0 bridgehead atoms. The summed E-state index contributed by atoms with van der Waals surface area (Å²) >= 11 is 0. The maximum absolute atomic E-state index is 13.5. The summed E-state index contributed by atoms with van der Waals surface area (Å²) in [4.78, 5) is 2.42. The van der Waals surface area contributed by atoms with Crippen LogP contribution < -0.4 is 9.47 Å². The fourth-order valence-electron chi connectivity index (χ4n) is 3.69. The Morgan fingerprint density at radius 3 is 2.76 bits per heavy atom. The Kier molecular flexibility index (Phi) is 5.82. The lowest BCUT2D eigenvalue weighted by molar-refractivity contribution is 0.0504. The Morgan fingerprint density at radius 2 is 1.92 bits per heavy atom. The van der Waals surface area contributed by atoms with Gasteiger partial charge in [0.25, 0.3) is 0 Å². The summed E-state index contributed by atoms with van der Waals surface area (Å²) in [5, 5.41) is 0. The Bertz CT molecular complexity index is 712. The monoisotopic (exact) mass is 363 g/mol. The normalized spacial score (nSPS) is 22.9. The van der Waals surface area contributed by atoms with E-state index < -0.39 is 0 Å². The first-order valence-electron chi connectivity index (χ1n) is 8.64. The van der Waals surface area contributed by atoms with Crippen LogP contribution in [0.3, 0.4) is 0 Å². The molecule has 1 saturated heterocycles. The molecule has 0 aliphatic carbocycles. The number of nitrogens with zero attached hydrogens (tertiary/aromatic N) is 1. The molecule has 2 aromatic rings. The molecule has 1 unspecified atom stereocenters. The number of halogens is 2. The van der Waals surface area contributed by atoms with Crippen molar-refractivity contribution in [3.63, 3.8) is 0 Å². The summed E-state index contributed by atoms with van der Waals surface area (Å²) in [6, 6.07) is 14.8. The predicted molar refractivity (Wildman–Crippen MR) is 98.4 cm³/mol. The number of hydrogen-bond acceptors (Lipinski definition) is 3. The van der Waals surface area contributed by atoms with Crippen LogP contribution in [0.5, 0.6) is 11.5 Å². The van der Waals surface area contributed by atoms with Crippen molar-refractivity contribution in [1.29, 1.82) is 0 Å². The first-order chi connectivity index (χ1) is 11.8. The molecule has 25 heavy (non-hydrogen) atoms. The maximum atomic E-state index is 13.5. The van der Waals surface area contributed by atoms with E-state index in [2.05, 4.69) is 4.90 Å². The molecule has 2 heterocycles. The Labute approximate surface area is 154 Å². The SMILES string of the molecule is Cl.Fc1cccc(C2CCCN(C[C@H]3COc4ccccc4O3)C2)c1. The van der Waals surface area contributed by atoms with Crippen LogP contribution in [-0.2, 0) is 0 Å². The van der Waals surface area contributed by atoms with Crippen molar-refractivity contribution in [2.24, 2.45) is 0 Å². The molecule has 3 nitrogen and oxygen atoms in total. The summed E-state index contributed by atoms with van der Waals surface area (Å²) in [5.74, 6) is 1.90. The second kappa shape index (κ2) is 8.07. The smallest absolute Gasteiger partial charge is 0.161 e. The van der Waals surface area contributed by atoms with Crippen molar-refractivity contribution < 1.29 is 13.9 Å². The topological polar surface area (TPSA) is 21.7 Å². The van der Waals surface area contributed by atoms with Gasteiger partial charge in [0.15, 0.2) is 11.5 Å². The second-order valence-corrected chi connectivity index (χ2v) is 6.65. The number of piperidine rings is 1. The summed E-state index contributed by atoms with van der Waals surface area (Å²) in [5.41, 5.74) is 1.10. The highest BCUT2D eigenvalue weighted by Gasteiger charge is 2.27. The molecule has 4 rings (SSSR count). The minimum absolute atomic E-state index is 0. The average molecular weight is 364 g/mol. The van der Waals surface area contributed by atoms with Crippen molar-refractivity contribution in [2.45, 2.75) is 24.9 Å². The van der Waals surface area contributed by atoms with E-state index in [1.54, 1.807) is 12.1 Å². The summed E-state index contributed by atoms with van der Waals surface area (Å²) in [6.45, 7) is 3.44. The molecule has 0 aromatic heterocycles. The van der Waals surface area contributed by atoms with E-state index in [-0.39, 0.29) is 24.3 Å². The van der Waals surface area contributed by atoms with Gasteiger partial charge in [-0.05, 0) is 55.1 Å². The largest absolute Gasteiger partial charge is 0.486 e. The molecule has 2 atom stereocenters. The fourth-order valence-corrected chi connectivity index (χ4v) is 3.69. The average Bonchev–Trinajstić information content (AvgIpc) is 2.62. The molecule has 0 spiro atoms. The number of para-hydroxylation sites is 2. The Morgan fingerprint density at radius 1 is 1.08 bits per heavy atom. The van der Waals surface area contributed by atoms with E-state index in [4.69, 9.17) is 9.47 Å². The molecule has 0 saturated carbocycles. The molecule has 134 valence electrons. The summed E-state index contributed by atoms with van der Waals surface area (Å²) in [6.07, 6.45) is 2.29. The van der Waals surface area contributed by atoms with Crippen LogP contribution in [-0.4, -0.2) is 37.2 Å². The third-order valence-electron chi connectivity index (χ3n) is 4.85. The number of benzene rings is 2. The minimum atomic E-state index is -0.148. The van der Waals surface area contributed by atoms with E-state index in [9.17, 15) is 4.39 Å². The van der Waals surface area contributed by atoms with Crippen molar-refractivity contribution in [2.75, 3.05) is 26.2 Å². The molecule has 2 aromatic carbocycles. The van der Waals surface area contributed by atoms with E-state index in [0.717, 1.165) is 49.5 Å². The van der Waals surface area contributed by atoms with Crippen LogP contribution in [0.2, 0.25) is 0 Å². The van der Waals surface area contributed by atoms with Gasteiger partial charge in [-0.25, -0.2) is 4.39 Å². The van der Waals surface area contributed by atoms with Crippen molar-refractivity contribution in [1.82, 2.24) is 4.90 Å². The lowest BCUT2D eigenvalue weighted by atomic mass is 9.90. The second-order valence-electron chi connectivity index (χ2n) is 6.65. The minimum Gasteiger partial charge on any atom is -0.486 e. The van der Waals surface area contributed by atoms with Gasteiger partial charge in [-0.15, -0.1) is 12.4 Å². The molecule has 2 aliphatic heterocycles. The van der Waals surface area contributed by atoms with Crippen LogP contribution >= 0.6 is 12.4 Å². The van der Waals surface area contributed by atoms with E-state index in [1.807, 2.05) is 30.3 Å². The van der Waals surface area contributed by atoms with Gasteiger partial charge in [-0.1, -0.05) is 24.3 Å². The van der Waals surface area contributed by atoms with Crippen LogP contribution in [0.25, 0.3) is 0 Å². The standard InChI is InChI=1S/C20H22FNO2.ClH/c21-17-7-3-5-15(11-17)16-6-4-10-22(12-16)13-18-14-23-19-8-1-2-9-20(19)24-18;/h1-3,5,7-9,11,16,18H,4,6,10,12-14H2;1H/t16?,18-;/m0./s1. The maximum Gasteiger partial charge on any atom is 0.161 e. The molecular weight excluding hydrogens is 341 g/mol. The first kappa shape index (κ1) is 18.0. The van der Waals surface area contributed by atoms with Crippen molar-refractivity contribution in [3.8, 4) is 11.5 Å². The van der Waals surface area contributed by atoms with Crippen LogP contribution in [0.1, 0.15) is 24.3 Å². The van der Waals surface area contributed by atoms with Crippen LogP contribution in [0.4, 0.5) is 4.39 Å². The van der Waals surface area contributed by atoms with Crippen molar-refractivity contribution in [3.05, 3.63) is 59.9 Å². The molecule has 0 radical (unpaired) electrons. The van der Waals surface area contributed by atoms with Gasteiger partial charge in [0, 0.05) is 13.1 Å². The van der Waals surface area contributed by atoms with Gasteiger partial charge in [0.05, 0.1) is 0 Å². The summed E-state index contributed by atoms with van der Waals surface area (Å²) in [7, 11) is 0. The zero-order valence-electron chi connectivity index (χ0n) is 14.1.